The molecule has 3 nitrogen and oxygen atoms in total. The van der Waals surface area contributed by atoms with Gasteiger partial charge in [0.15, 0.2) is 0 Å². The number of hydrogen-bond acceptors (Lipinski definition) is 3. The third-order valence-electron chi connectivity index (χ3n) is 2.19. The molecule has 0 bridgehead atoms. The van der Waals surface area contributed by atoms with E-state index in [9.17, 15) is 13.2 Å². The van der Waals surface area contributed by atoms with E-state index in [4.69, 9.17) is 4.74 Å². The molecule has 0 aromatic heterocycles. The monoisotopic (exact) mass is 271 g/mol. The molecule has 0 aromatic rings. The molecular weight excluding hydrogens is 247 g/mol. The van der Waals surface area contributed by atoms with E-state index >= 15 is 0 Å². The first-order chi connectivity index (χ1) is 8.35. The van der Waals surface area contributed by atoms with Crippen LogP contribution in [0.4, 0.5) is 13.2 Å². The van der Waals surface area contributed by atoms with Crippen LogP contribution >= 0.6 is 0 Å². The zero-order valence-corrected chi connectivity index (χ0v) is 11.3. The molecule has 0 spiro atoms. The average molecular weight is 271 g/mol. The highest BCUT2D eigenvalue weighted by Crippen LogP contribution is 2.14. The summed E-state index contributed by atoms with van der Waals surface area (Å²) in [6.45, 7) is 6.11. The molecular formula is C12H24F3NO2. The normalized spacial score (nSPS) is 14.2. The Balaban J connectivity index is 3.78. The molecule has 110 valence electrons. The van der Waals surface area contributed by atoms with E-state index in [0.29, 0.717) is 13.0 Å². The van der Waals surface area contributed by atoms with Crippen molar-refractivity contribution in [3.63, 3.8) is 0 Å². The zero-order valence-electron chi connectivity index (χ0n) is 11.3. The van der Waals surface area contributed by atoms with Gasteiger partial charge >= 0.3 is 6.18 Å². The fraction of sp³-hybridized carbons (Fsp3) is 1.00. The first-order valence-corrected chi connectivity index (χ1v) is 6.34. The van der Waals surface area contributed by atoms with E-state index in [1.165, 1.54) is 0 Å². The predicted molar refractivity (Wildman–Crippen MR) is 64.7 cm³/mol. The topological polar surface area (TPSA) is 30.5 Å². The van der Waals surface area contributed by atoms with Crippen LogP contribution in [-0.2, 0) is 9.47 Å². The summed E-state index contributed by atoms with van der Waals surface area (Å²) in [6, 6.07) is 0.0422. The molecule has 1 unspecified atom stereocenters. The number of halogens is 3. The van der Waals surface area contributed by atoms with Gasteiger partial charge in [-0.15, -0.1) is 0 Å². The highest BCUT2D eigenvalue weighted by Gasteiger charge is 2.27. The first kappa shape index (κ1) is 17.7. The summed E-state index contributed by atoms with van der Waals surface area (Å²) in [6.07, 6.45) is -2.64. The van der Waals surface area contributed by atoms with Crippen LogP contribution in [0.25, 0.3) is 0 Å². The van der Waals surface area contributed by atoms with Gasteiger partial charge in [0.2, 0.25) is 0 Å². The lowest BCUT2D eigenvalue weighted by Crippen LogP contribution is -2.36. The van der Waals surface area contributed by atoms with Crippen molar-refractivity contribution >= 4 is 0 Å². The van der Waals surface area contributed by atoms with Crippen LogP contribution in [0.3, 0.4) is 0 Å². The molecule has 0 aromatic carbocycles. The number of hydrogen-bond donors (Lipinski definition) is 1. The van der Waals surface area contributed by atoms with Crippen LogP contribution in [-0.4, -0.2) is 44.7 Å². The van der Waals surface area contributed by atoms with Gasteiger partial charge in [-0.1, -0.05) is 6.92 Å². The maximum Gasteiger partial charge on any atom is 0.411 e. The van der Waals surface area contributed by atoms with Crippen molar-refractivity contribution in [2.75, 3.05) is 26.4 Å². The fourth-order valence-electron chi connectivity index (χ4n) is 1.31. The molecule has 0 rings (SSSR count). The second kappa shape index (κ2) is 9.58. The minimum atomic E-state index is -4.25. The SMILES string of the molecule is CCCNC(CCOCC(F)(F)F)COC(C)C. The minimum absolute atomic E-state index is 0.0422. The Kier molecular flexibility index (Phi) is 9.40. The number of alkyl halides is 3. The Bertz CT molecular complexity index is 198. The van der Waals surface area contributed by atoms with Crippen molar-refractivity contribution in [1.29, 1.82) is 0 Å². The van der Waals surface area contributed by atoms with Gasteiger partial charge in [-0.05, 0) is 33.2 Å². The van der Waals surface area contributed by atoms with Gasteiger partial charge < -0.3 is 14.8 Å². The van der Waals surface area contributed by atoms with Crippen molar-refractivity contribution in [2.45, 2.75) is 51.9 Å². The molecule has 1 N–H and O–H groups in total. The van der Waals surface area contributed by atoms with E-state index in [-0.39, 0.29) is 18.8 Å². The molecule has 0 amide bonds. The van der Waals surface area contributed by atoms with Gasteiger partial charge in [0.25, 0.3) is 0 Å². The summed E-state index contributed by atoms with van der Waals surface area (Å²) >= 11 is 0. The lowest BCUT2D eigenvalue weighted by Gasteiger charge is -2.20. The first-order valence-electron chi connectivity index (χ1n) is 6.34. The highest BCUT2D eigenvalue weighted by molar-refractivity contribution is 4.66. The van der Waals surface area contributed by atoms with Crippen molar-refractivity contribution in [1.82, 2.24) is 5.32 Å². The maximum absolute atomic E-state index is 11.9. The molecule has 0 saturated carbocycles. The Morgan fingerprint density at radius 2 is 1.89 bits per heavy atom. The third-order valence-corrected chi connectivity index (χ3v) is 2.19. The Morgan fingerprint density at radius 3 is 2.39 bits per heavy atom. The van der Waals surface area contributed by atoms with Gasteiger partial charge in [0, 0.05) is 12.6 Å². The van der Waals surface area contributed by atoms with Crippen LogP contribution in [0.1, 0.15) is 33.6 Å². The predicted octanol–water partition coefficient (Wildman–Crippen LogP) is 2.75. The van der Waals surface area contributed by atoms with Crippen LogP contribution in [0, 0.1) is 0 Å². The van der Waals surface area contributed by atoms with Crippen molar-refractivity contribution in [3.8, 4) is 0 Å². The third kappa shape index (κ3) is 12.1. The van der Waals surface area contributed by atoms with E-state index in [0.717, 1.165) is 13.0 Å². The van der Waals surface area contributed by atoms with Crippen LogP contribution in [0.15, 0.2) is 0 Å². The number of ether oxygens (including phenoxy) is 2. The summed E-state index contributed by atoms with van der Waals surface area (Å²) in [7, 11) is 0. The Labute approximate surface area is 107 Å². The van der Waals surface area contributed by atoms with Gasteiger partial charge in [0.05, 0.1) is 12.7 Å². The number of nitrogens with one attached hydrogen (secondary N) is 1. The standard InChI is InChI=1S/C12H24F3NO2/c1-4-6-16-11(8-18-10(2)3)5-7-17-9-12(13,14)15/h10-11,16H,4-9H2,1-3H3. The van der Waals surface area contributed by atoms with Gasteiger partial charge in [-0.3, -0.25) is 0 Å². The van der Waals surface area contributed by atoms with E-state index < -0.39 is 12.8 Å². The maximum atomic E-state index is 11.9. The molecule has 0 aliphatic heterocycles. The summed E-state index contributed by atoms with van der Waals surface area (Å²) in [5.41, 5.74) is 0. The molecule has 6 heteroatoms. The Morgan fingerprint density at radius 1 is 1.22 bits per heavy atom. The van der Waals surface area contributed by atoms with E-state index in [1.807, 2.05) is 20.8 Å². The Hall–Kier alpha value is -0.330. The molecule has 0 heterocycles. The largest absolute Gasteiger partial charge is 0.411 e. The molecule has 0 aliphatic carbocycles. The summed E-state index contributed by atoms with van der Waals surface area (Å²) in [4.78, 5) is 0. The minimum Gasteiger partial charge on any atom is -0.377 e. The quantitative estimate of drug-likeness (QED) is 0.620. The second-order valence-electron chi connectivity index (χ2n) is 4.49. The summed E-state index contributed by atoms with van der Waals surface area (Å²) in [5.74, 6) is 0. The lowest BCUT2D eigenvalue weighted by atomic mass is 10.2. The summed E-state index contributed by atoms with van der Waals surface area (Å²) < 4.78 is 45.7. The number of rotatable bonds is 10. The van der Waals surface area contributed by atoms with Crippen LogP contribution in [0.2, 0.25) is 0 Å². The molecule has 0 aliphatic rings. The summed E-state index contributed by atoms with van der Waals surface area (Å²) in [5, 5.41) is 3.24. The van der Waals surface area contributed by atoms with Gasteiger partial charge in [0.1, 0.15) is 6.61 Å². The zero-order chi connectivity index (χ0) is 14.0. The van der Waals surface area contributed by atoms with Gasteiger partial charge in [-0.2, -0.15) is 13.2 Å². The van der Waals surface area contributed by atoms with Crippen molar-refractivity contribution < 1.29 is 22.6 Å². The van der Waals surface area contributed by atoms with Gasteiger partial charge in [-0.25, -0.2) is 0 Å². The second-order valence-corrected chi connectivity index (χ2v) is 4.49. The molecule has 0 fully saturated rings. The smallest absolute Gasteiger partial charge is 0.377 e. The lowest BCUT2D eigenvalue weighted by molar-refractivity contribution is -0.174. The average Bonchev–Trinajstić information content (AvgIpc) is 2.25. The molecule has 1 atom stereocenters. The van der Waals surface area contributed by atoms with Crippen molar-refractivity contribution in [3.05, 3.63) is 0 Å². The van der Waals surface area contributed by atoms with E-state index in [1.54, 1.807) is 0 Å². The fourth-order valence-corrected chi connectivity index (χ4v) is 1.31. The van der Waals surface area contributed by atoms with Crippen molar-refractivity contribution in [2.24, 2.45) is 0 Å². The van der Waals surface area contributed by atoms with Crippen LogP contribution in [0.5, 0.6) is 0 Å². The van der Waals surface area contributed by atoms with Crippen LogP contribution < -0.4 is 5.32 Å². The molecule has 18 heavy (non-hydrogen) atoms. The molecule has 0 radical (unpaired) electrons. The van der Waals surface area contributed by atoms with E-state index in [2.05, 4.69) is 10.1 Å². The molecule has 0 saturated heterocycles. The highest BCUT2D eigenvalue weighted by atomic mass is 19.4.